The van der Waals surface area contributed by atoms with E-state index in [2.05, 4.69) is 178 Å². The van der Waals surface area contributed by atoms with Gasteiger partial charge in [-0.25, -0.2) is 8.78 Å². The average molecular weight is 1590 g/mol. The first-order valence-electron chi connectivity index (χ1n) is 41.9. The highest BCUT2D eigenvalue weighted by Gasteiger charge is 2.42. The number of hydrogen-bond acceptors (Lipinski definition) is 17. The van der Waals surface area contributed by atoms with Crippen LogP contribution in [0.15, 0.2) is 0 Å². The molecule has 0 spiro atoms. The number of halogens is 2. The van der Waals surface area contributed by atoms with E-state index in [1.807, 2.05) is 128 Å². The molecule has 0 saturated carbocycles. The summed E-state index contributed by atoms with van der Waals surface area (Å²) in [5.41, 5.74) is -2.90. The first-order chi connectivity index (χ1) is 50.5. The second-order valence-electron chi connectivity index (χ2n) is 39.2. The van der Waals surface area contributed by atoms with Gasteiger partial charge in [-0.2, -0.15) is 0 Å². The van der Waals surface area contributed by atoms with E-state index < -0.39 is 11.3 Å². The summed E-state index contributed by atoms with van der Waals surface area (Å²) < 4.78 is 27.2. The summed E-state index contributed by atoms with van der Waals surface area (Å²) in [4.78, 5) is 99.6. The van der Waals surface area contributed by atoms with Crippen molar-refractivity contribution in [2.24, 2.45) is 11.8 Å². The molecule has 8 saturated heterocycles. The maximum absolute atomic E-state index is 13.8. The van der Waals surface area contributed by atoms with Crippen LogP contribution in [-0.4, -0.2) is 397 Å². The van der Waals surface area contributed by atoms with Crippen LogP contribution in [0, 0.1) is 17.0 Å². The van der Waals surface area contributed by atoms with E-state index >= 15 is 0 Å². The van der Waals surface area contributed by atoms with Gasteiger partial charge in [0.25, 0.3) is 0 Å². The molecule has 0 aromatic carbocycles. The zero-order chi connectivity index (χ0) is 86.8. The molecule has 0 aliphatic carbocycles. The van der Waals surface area contributed by atoms with Gasteiger partial charge < -0.3 is 59.3 Å². The predicted molar refractivity (Wildman–Crippen MR) is 455 cm³/mol. The summed E-state index contributed by atoms with van der Waals surface area (Å²) in [6.07, 6.45) is 11.1. The fourth-order valence-electron chi connectivity index (χ4n) is 13.1. The van der Waals surface area contributed by atoms with Crippen molar-refractivity contribution in [1.29, 1.82) is 0 Å². The van der Waals surface area contributed by atoms with Crippen LogP contribution >= 0.6 is 0 Å². The van der Waals surface area contributed by atoms with Gasteiger partial charge in [-0.1, -0.05) is 0 Å². The summed E-state index contributed by atoms with van der Waals surface area (Å²) >= 11 is 0. The number of nitrogens with zero attached hydrogens (tertiary/aromatic N) is 15. The highest BCUT2D eigenvalue weighted by Crippen LogP contribution is 2.31. The first kappa shape index (κ1) is 107. The van der Waals surface area contributed by atoms with E-state index in [1.165, 1.54) is 0 Å². The Morgan fingerprint density at radius 3 is 0.937 bits per heavy atom. The highest BCUT2D eigenvalue weighted by atomic mass is 19.1. The van der Waals surface area contributed by atoms with E-state index in [-0.39, 0.29) is 106 Å². The first-order valence-corrected chi connectivity index (χ1v) is 41.9. The van der Waals surface area contributed by atoms with Gasteiger partial charge >= 0.3 is 0 Å². The third-order valence-corrected chi connectivity index (χ3v) is 24.2. The second kappa shape index (κ2) is 47.6. The van der Waals surface area contributed by atoms with Gasteiger partial charge in [0, 0.05) is 128 Å². The molecule has 0 unspecified atom stereocenters. The maximum Gasteiger partial charge on any atom is 0.240 e. The van der Waals surface area contributed by atoms with E-state index in [0.29, 0.717) is 61.9 Å². The second-order valence-corrected chi connectivity index (χ2v) is 39.2. The normalized spacial score (nSPS) is 25.1. The van der Waals surface area contributed by atoms with Gasteiger partial charge in [-0.05, 0) is 311 Å². The molecule has 111 heavy (non-hydrogen) atoms. The zero-order valence-electron chi connectivity index (χ0n) is 78.0. The minimum absolute atomic E-state index is 0.00687. The molecule has 8 fully saturated rings. The lowest BCUT2D eigenvalue weighted by Crippen LogP contribution is -2.57. The molecule has 24 nitrogen and oxygen atoms in total. The number of carbonyl (C=O) groups excluding carboxylic acids is 6. The van der Waals surface area contributed by atoms with Crippen molar-refractivity contribution in [3.63, 3.8) is 0 Å². The molecule has 8 aliphatic heterocycles. The van der Waals surface area contributed by atoms with Crippen LogP contribution < -0.4 is 0 Å². The Morgan fingerprint density at radius 1 is 0.423 bits per heavy atom. The molecule has 6 amide bonds. The lowest BCUT2D eigenvalue weighted by Gasteiger charge is -2.43. The minimum Gasteiger partial charge on any atom is -0.633 e. The van der Waals surface area contributed by atoms with Crippen LogP contribution in [0.4, 0.5) is 8.78 Å². The molecule has 0 radical (unpaired) electrons. The molecule has 0 bridgehead atoms. The smallest absolute Gasteiger partial charge is 0.240 e. The van der Waals surface area contributed by atoms with E-state index in [9.17, 15) is 42.8 Å². The number of likely N-dealkylation sites (tertiary alicyclic amines) is 8. The van der Waals surface area contributed by atoms with Crippen molar-refractivity contribution in [3.05, 3.63) is 5.21 Å². The Morgan fingerprint density at radius 2 is 0.712 bits per heavy atom. The number of rotatable bonds is 13. The van der Waals surface area contributed by atoms with Crippen molar-refractivity contribution in [1.82, 2.24) is 68.6 Å². The molecule has 8 rings (SSSR count). The van der Waals surface area contributed by atoms with Crippen molar-refractivity contribution >= 4 is 35.4 Å². The van der Waals surface area contributed by atoms with Gasteiger partial charge in [0.2, 0.25) is 35.4 Å². The average Bonchev–Trinajstić information content (AvgIpc) is 1.76. The Hall–Kier alpha value is -3.80. The standard InChI is InChI=1S/C11H22N2O.C10H20FNO.5C10H20N2O.C9H18FNO.C5H13NO/c1-11(2,3)13(5)10(14)9-7-6-8-12(9)4;1-9(2,3)12-6-4-5-10(11,7-12)8-13;2*1-10(2,3)12(5)9(13)8-6-7-11(8)4;2*1-8(2)12(4)10(13)9-5-6-11(3)7-9;1-8(2)12(4)10(13)9-6-5-7-11(9)3;1-8(2)11-5-3-4-9(10,6-11)7-12;1-5(2)6(3,4)7/h9H,6-8H2,1-5H3;13H,4-8H2,1-3H3;2*8H,6-7H2,1-5H3;3*8-9H,5-7H2,1-4H3;8,12H,3-7H2,1-2H3;5H,1-4H3/t9-;10-;2*8-;4*9-;/m10101001./s1. The third kappa shape index (κ3) is 37.1. The number of likely N-dealkylation sites (N-methyl/N-ethyl adjacent to an activating group) is 8. The predicted octanol–water partition coefficient (Wildman–Crippen LogP) is 9.53. The minimum atomic E-state index is -1.37. The van der Waals surface area contributed by atoms with Gasteiger partial charge in [0.15, 0.2) is 0 Å². The third-order valence-electron chi connectivity index (χ3n) is 24.2. The van der Waals surface area contributed by atoms with Crippen LogP contribution in [0.1, 0.15) is 229 Å². The van der Waals surface area contributed by atoms with Crippen LogP contribution in [-0.2, 0) is 28.8 Å². The number of piperidine rings is 2. The summed E-state index contributed by atoms with van der Waals surface area (Å²) in [6, 6.07) is 2.00. The van der Waals surface area contributed by atoms with Crippen molar-refractivity contribution in [2.75, 3.05) is 190 Å². The summed E-state index contributed by atoms with van der Waals surface area (Å²) in [5.74, 6) is 2.11. The number of carbonyl (C=O) groups is 6. The molecule has 8 aliphatic rings. The number of aliphatic hydroxyl groups excluding tert-OH is 2. The molecule has 2 N–H and O–H groups in total. The molecular weight excluding hydrogens is 1410 g/mol. The lowest BCUT2D eigenvalue weighted by molar-refractivity contribution is -0.862. The molecule has 26 heteroatoms. The van der Waals surface area contributed by atoms with Crippen molar-refractivity contribution in [2.45, 2.75) is 317 Å². The number of alkyl halides is 2. The number of quaternary nitrogens is 1. The van der Waals surface area contributed by atoms with Gasteiger partial charge in [-0.3, -0.25) is 58.2 Å². The molecule has 656 valence electrons. The molecule has 0 aromatic rings. The van der Waals surface area contributed by atoms with Crippen LogP contribution in [0.25, 0.3) is 0 Å². The van der Waals surface area contributed by atoms with E-state index in [0.717, 1.165) is 130 Å². The number of hydrogen-bond donors (Lipinski definition) is 2. The fourth-order valence-corrected chi connectivity index (χ4v) is 13.1. The number of amides is 6. The molecule has 0 aromatic heterocycles. The SMILES string of the molecule is CC(C)(C)N1CCC[C@@](F)(CO)C1.CC(C)N(C)C(=O)[C@@H]1CCCN1C.CC(C)N(C)C(=O)[C@@H]1CCN(C)C1.CC(C)N(C)C(=O)[C@H]1CCN(C)C1.CC(C)N1CCC[C@](F)(CO)C1.CC(C)[N+](C)(C)[O-].CN1CCC[C@@H]1C(=O)N(C)C(C)(C)C.CN1CC[C@@H]1C(=O)N(C)C(C)(C)C.CN1CC[C@H]1C(=O)N(C)C(C)(C)C. The Bertz CT molecular complexity index is 2600. The van der Waals surface area contributed by atoms with E-state index in [4.69, 9.17) is 10.2 Å². The highest BCUT2D eigenvalue weighted by molar-refractivity contribution is 5.84. The fraction of sp³-hybridized carbons (Fsp3) is 0.929. The molecular formula is C85H173F2N15O9. The summed E-state index contributed by atoms with van der Waals surface area (Å²) in [7, 11) is 26.8. The molecule has 8 heterocycles. The number of aliphatic hydroxyl groups is 2. The monoisotopic (exact) mass is 1590 g/mol. The Labute approximate surface area is 678 Å². The largest absolute Gasteiger partial charge is 0.633 e. The van der Waals surface area contributed by atoms with Gasteiger partial charge in [0.1, 0.15) is 11.3 Å². The van der Waals surface area contributed by atoms with E-state index in [1.54, 1.807) is 14.1 Å². The van der Waals surface area contributed by atoms with Crippen molar-refractivity contribution < 1.29 is 52.4 Å². The van der Waals surface area contributed by atoms with Crippen LogP contribution in [0.2, 0.25) is 0 Å². The maximum atomic E-state index is 13.8. The summed E-state index contributed by atoms with van der Waals surface area (Å²) in [6.45, 7) is 55.2. The lowest BCUT2D eigenvalue weighted by atomic mass is 9.92. The zero-order valence-corrected chi connectivity index (χ0v) is 78.0. The van der Waals surface area contributed by atoms with Gasteiger partial charge in [-0.15, -0.1) is 0 Å². The Kier molecular flexibility index (Phi) is 45.9. The van der Waals surface area contributed by atoms with Crippen LogP contribution in [0.5, 0.6) is 0 Å². The topological polar surface area (TPSA) is 211 Å². The molecule has 8 atom stereocenters. The quantitative estimate of drug-likeness (QED) is 0.130. The Balaban J connectivity index is 0.00000123. The number of hydroxylamine groups is 3. The van der Waals surface area contributed by atoms with Gasteiger partial charge in [0.05, 0.1) is 69.4 Å². The summed E-state index contributed by atoms with van der Waals surface area (Å²) in [5, 5.41) is 28.5. The van der Waals surface area contributed by atoms with Crippen LogP contribution in [0.3, 0.4) is 0 Å². The van der Waals surface area contributed by atoms with Crippen molar-refractivity contribution in [3.8, 4) is 0 Å².